The highest BCUT2D eigenvalue weighted by Gasteiger charge is 2.19. The summed E-state index contributed by atoms with van der Waals surface area (Å²) in [5.74, 6) is -0.859. The minimum Gasteiger partial charge on any atom is -0.462 e. The van der Waals surface area contributed by atoms with Crippen LogP contribution >= 0.6 is 0 Å². The summed E-state index contributed by atoms with van der Waals surface area (Å²) >= 11 is 0. The van der Waals surface area contributed by atoms with Crippen LogP contribution in [0.1, 0.15) is 329 Å². The summed E-state index contributed by atoms with van der Waals surface area (Å²) in [4.78, 5) is 38.3. The number of carbonyl (C=O) groups is 3. The van der Waals surface area contributed by atoms with Gasteiger partial charge >= 0.3 is 17.9 Å². The average molecular weight is 996 g/mol. The third-order valence-corrected chi connectivity index (χ3v) is 13.9. The first kappa shape index (κ1) is 68.4. The zero-order chi connectivity index (χ0) is 51.4. The highest BCUT2D eigenvalue weighted by atomic mass is 16.6. The molecule has 1 atom stereocenters. The smallest absolute Gasteiger partial charge is 0.306 e. The normalized spacial score (nSPS) is 12.3. The molecule has 0 amide bonds. The van der Waals surface area contributed by atoms with Gasteiger partial charge in [0.05, 0.1) is 0 Å². The molecule has 0 aliphatic heterocycles. The van der Waals surface area contributed by atoms with Crippen LogP contribution in [0, 0.1) is 0 Å². The molecule has 0 saturated heterocycles. The maximum atomic E-state index is 12.9. The van der Waals surface area contributed by atoms with Gasteiger partial charge in [-0.1, -0.05) is 288 Å². The van der Waals surface area contributed by atoms with E-state index in [2.05, 4.69) is 69.4 Å². The number of unbranched alkanes of at least 4 members (excludes halogenated alkanes) is 40. The highest BCUT2D eigenvalue weighted by molar-refractivity contribution is 5.71. The van der Waals surface area contributed by atoms with Crippen molar-refractivity contribution in [1.82, 2.24) is 0 Å². The molecule has 0 radical (unpaired) electrons. The van der Waals surface area contributed by atoms with E-state index < -0.39 is 6.10 Å². The second kappa shape index (κ2) is 59.9. The summed E-state index contributed by atoms with van der Waals surface area (Å²) in [6, 6.07) is 0. The molecule has 0 spiro atoms. The van der Waals surface area contributed by atoms with Crippen LogP contribution in [0.15, 0.2) is 48.6 Å². The second-order valence-corrected chi connectivity index (χ2v) is 21.0. The van der Waals surface area contributed by atoms with Gasteiger partial charge in [-0.2, -0.15) is 0 Å². The third kappa shape index (κ3) is 58.1. The molecule has 0 bridgehead atoms. The predicted octanol–water partition coefficient (Wildman–Crippen LogP) is 21.0. The first-order chi connectivity index (χ1) is 35.0. The molecule has 0 rings (SSSR count). The minimum absolute atomic E-state index is 0.0717. The topological polar surface area (TPSA) is 78.9 Å². The maximum absolute atomic E-state index is 12.9. The van der Waals surface area contributed by atoms with Crippen LogP contribution in [0.25, 0.3) is 0 Å². The molecule has 71 heavy (non-hydrogen) atoms. The largest absolute Gasteiger partial charge is 0.462 e. The van der Waals surface area contributed by atoms with E-state index in [1.54, 1.807) is 0 Å². The average Bonchev–Trinajstić information content (AvgIpc) is 3.37. The quantitative estimate of drug-likeness (QED) is 0.0261. The van der Waals surface area contributed by atoms with Crippen LogP contribution in [-0.4, -0.2) is 37.2 Å². The lowest BCUT2D eigenvalue weighted by Crippen LogP contribution is -2.30. The van der Waals surface area contributed by atoms with Crippen LogP contribution in [0.2, 0.25) is 0 Å². The van der Waals surface area contributed by atoms with Crippen LogP contribution in [-0.2, 0) is 28.6 Å². The summed E-state index contributed by atoms with van der Waals surface area (Å²) in [6.45, 7) is 6.63. The molecule has 0 heterocycles. The molecule has 0 N–H and O–H groups in total. The van der Waals surface area contributed by atoms with Crippen molar-refractivity contribution < 1.29 is 28.6 Å². The van der Waals surface area contributed by atoms with Crippen LogP contribution in [0.4, 0.5) is 0 Å². The fourth-order valence-corrected chi connectivity index (χ4v) is 9.13. The molecule has 0 aromatic heterocycles. The Hall–Kier alpha value is -2.63. The van der Waals surface area contributed by atoms with Crippen molar-refractivity contribution in [2.24, 2.45) is 0 Å². The van der Waals surface area contributed by atoms with Gasteiger partial charge in [-0.05, 0) is 70.6 Å². The second-order valence-electron chi connectivity index (χ2n) is 21.0. The van der Waals surface area contributed by atoms with Gasteiger partial charge in [-0.3, -0.25) is 14.4 Å². The van der Waals surface area contributed by atoms with Gasteiger partial charge in [-0.25, -0.2) is 0 Å². The van der Waals surface area contributed by atoms with Crippen molar-refractivity contribution in [2.45, 2.75) is 335 Å². The van der Waals surface area contributed by atoms with Crippen LogP contribution in [0.3, 0.4) is 0 Å². The number of hydrogen-bond donors (Lipinski definition) is 0. The number of allylic oxidation sites excluding steroid dienone is 8. The van der Waals surface area contributed by atoms with Gasteiger partial charge in [0.1, 0.15) is 13.2 Å². The molecule has 1 unspecified atom stereocenters. The number of ether oxygens (including phenoxy) is 3. The van der Waals surface area contributed by atoms with Gasteiger partial charge < -0.3 is 14.2 Å². The van der Waals surface area contributed by atoms with Crippen molar-refractivity contribution in [3.8, 4) is 0 Å². The lowest BCUT2D eigenvalue weighted by atomic mass is 10.0. The number of carbonyl (C=O) groups excluding carboxylic acids is 3. The highest BCUT2D eigenvalue weighted by Crippen LogP contribution is 2.17. The zero-order valence-corrected chi connectivity index (χ0v) is 47.5. The van der Waals surface area contributed by atoms with Crippen LogP contribution in [0.5, 0.6) is 0 Å². The molecule has 0 aromatic carbocycles. The summed E-state index contributed by atoms with van der Waals surface area (Å²) in [6.07, 6.45) is 73.8. The van der Waals surface area contributed by atoms with E-state index in [1.807, 2.05) is 0 Å². The lowest BCUT2D eigenvalue weighted by Gasteiger charge is -2.18. The van der Waals surface area contributed by atoms with Crippen molar-refractivity contribution in [2.75, 3.05) is 13.2 Å². The molecule has 0 aliphatic rings. The molecular formula is C65H118O6. The van der Waals surface area contributed by atoms with Gasteiger partial charge in [-0.15, -0.1) is 0 Å². The first-order valence-electron chi connectivity index (χ1n) is 31.2. The summed E-state index contributed by atoms with van der Waals surface area (Å²) in [5.41, 5.74) is 0. The van der Waals surface area contributed by atoms with Crippen molar-refractivity contribution in [1.29, 1.82) is 0 Å². The SMILES string of the molecule is CCCCC/C=C\C=C/CCCCCCCCCCCCC(=O)OCC(COC(=O)CCCCCCCCCCCCCCCCC)OC(=O)CCCCCCCCCCCC/C=C\C=C/CCCCC. The Labute approximate surface area is 441 Å². The molecule has 6 nitrogen and oxygen atoms in total. The Balaban J connectivity index is 4.34. The Morgan fingerprint density at radius 3 is 0.775 bits per heavy atom. The lowest BCUT2D eigenvalue weighted by molar-refractivity contribution is -0.167. The minimum atomic E-state index is -0.775. The third-order valence-electron chi connectivity index (χ3n) is 13.9. The van der Waals surface area contributed by atoms with Gasteiger partial charge in [0.15, 0.2) is 6.10 Å². The Morgan fingerprint density at radius 2 is 0.493 bits per heavy atom. The van der Waals surface area contributed by atoms with Gasteiger partial charge in [0.2, 0.25) is 0 Å². The summed E-state index contributed by atoms with van der Waals surface area (Å²) in [5, 5.41) is 0. The van der Waals surface area contributed by atoms with E-state index >= 15 is 0 Å². The molecule has 0 fully saturated rings. The Morgan fingerprint density at radius 1 is 0.282 bits per heavy atom. The summed E-state index contributed by atoms with van der Waals surface area (Å²) in [7, 11) is 0. The molecule has 0 aromatic rings. The molecule has 414 valence electrons. The van der Waals surface area contributed by atoms with Crippen molar-refractivity contribution in [3.05, 3.63) is 48.6 Å². The molecule has 6 heteroatoms. The fraction of sp³-hybridized carbons (Fsp3) is 0.831. The molecule has 0 aliphatic carbocycles. The number of rotatable bonds is 57. The summed E-state index contributed by atoms with van der Waals surface area (Å²) < 4.78 is 16.9. The zero-order valence-electron chi connectivity index (χ0n) is 47.5. The van der Waals surface area contributed by atoms with E-state index in [-0.39, 0.29) is 31.1 Å². The van der Waals surface area contributed by atoms with E-state index in [0.717, 1.165) is 57.8 Å². The fourth-order valence-electron chi connectivity index (χ4n) is 9.13. The van der Waals surface area contributed by atoms with Crippen LogP contribution < -0.4 is 0 Å². The van der Waals surface area contributed by atoms with E-state index in [4.69, 9.17) is 14.2 Å². The van der Waals surface area contributed by atoms with E-state index in [1.165, 1.54) is 231 Å². The Bertz CT molecular complexity index is 1230. The molecular weight excluding hydrogens is 877 g/mol. The predicted molar refractivity (Wildman–Crippen MR) is 307 cm³/mol. The van der Waals surface area contributed by atoms with Crippen molar-refractivity contribution >= 4 is 17.9 Å². The Kier molecular flexibility index (Phi) is 57.7. The number of hydrogen-bond acceptors (Lipinski definition) is 6. The monoisotopic (exact) mass is 995 g/mol. The standard InChI is InChI=1S/C65H118O6/c1-4-7-10-13-16-19-22-25-28-30-32-34-37-40-43-46-49-52-55-58-64(67)70-61-62(60-69-63(66)57-54-51-48-45-42-39-36-27-24-21-18-15-12-9-6-3)71-65(68)59-56-53-50-47-44-41-38-35-33-31-29-26-23-20-17-14-11-8-5-2/h16-17,19-20,22-23,25-26,62H,4-15,18,21,24,27-61H2,1-3H3/b19-16-,20-17-,25-22-,26-23-. The maximum Gasteiger partial charge on any atom is 0.306 e. The van der Waals surface area contributed by atoms with Crippen molar-refractivity contribution in [3.63, 3.8) is 0 Å². The van der Waals surface area contributed by atoms with E-state index in [0.29, 0.717) is 19.3 Å². The number of esters is 3. The first-order valence-corrected chi connectivity index (χ1v) is 31.2. The van der Waals surface area contributed by atoms with Gasteiger partial charge in [0.25, 0.3) is 0 Å². The van der Waals surface area contributed by atoms with E-state index in [9.17, 15) is 14.4 Å². The molecule has 0 saturated carbocycles. The van der Waals surface area contributed by atoms with Gasteiger partial charge in [0, 0.05) is 19.3 Å².